The SMILES string of the molecule is Cc1cccc(C)c1OC(=O)c1cc2cc(Br)ccc2o1. The molecule has 21 heavy (non-hydrogen) atoms. The van der Waals surface area contributed by atoms with E-state index in [4.69, 9.17) is 9.15 Å². The number of hydrogen-bond donors (Lipinski definition) is 0. The predicted molar refractivity (Wildman–Crippen MR) is 84.8 cm³/mol. The van der Waals surface area contributed by atoms with Crippen LogP contribution in [0.15, 0.2) is 51.4 Å². The van der Waals surface area contributed by atoms with Gasteiger partial charge in [-0.05, 0) is 49.2 Å². The highest BCUT2D eigenvalue weighted by Crippen LogP contribution is 2.26. The molecule has 1 heterocycles. The summed E-state index contributed by atoms with van der Waals surface area (Å²) in [6.07, 6.45) is 0. The van der Waals surface area contributed by atoms with Crippen LogP contribution in [0.2, 0.25) is 0 Å². The molecular weight excluding hydrogens is 332 g/mol. The standard InChI is InChI=1S/C17H13BrO3/c1-10-4-3-5-11(2)16(10)21-17(19)15-9-12-8-13(18)6-7-14(12)20-15/h3-9H,1-2H3. The van der Waals surface area contributed by atoms with Crippen LogP contribution in [0.1, 0.15) is 21.7 Å². The summed E-state index contributed by atoms with van der Waals surface area (Å²) in [5, 5.41) is 0.859. The molecule has 0 aliphatic carbocycles. The molecule has 0 amide bonds. The Hall–Kier alpha value is -2.07. The fourth-order valence-electron chi connectivity index (χ4n) is 2.22. The zero-order valence-corrected chi connectivity index (χ0v) is 13.2. The average molecular weight is 345 g/mol. The summed E-state index contributed by atoms with van der Waals surface area (Å²) >= 11 is 3.39. The topological polar surface area (TPSA) is 39.4 Å². The molecule has 3 nitrogen and oxygen atoms in total. The summed E-state index contributed by atoms with van der Waals surface area (Å²) in [5.41, 5.74) is 2.50. The number of rotatable bonds is 2. The zero-order valence-electron chi connectivity index (χ0n) is 11.6. The molecule has 2 aromatic carbocycles. The first-order valence-electron chi connectivity index (χ1n) is 6.52. The third-order valence-electron chi connectivity index (χ3n) is 3.28. The van der Waals surface area contributed by atoms with E-state index in [0.29, 0.717) is 11.3 Å². The Balaban J connectivity index is 1.94. The van der Waals surface area contributed by atoms with E-state index < -0.39 is 5.97 Å². The van der Waals surface area contributed by atoms with Gasteiger partial charge in [0.05, 0.1) is 0 Å². The van der Waals surface area contributed by atoms with E-state index in [9.17, 15) is 4.79 Å². The second-order valence-corrected chi connectivity index (χ2v) is 5.82. The number of para-hydroxylation sites is 1. The second-order valence-electron chi connectivity index (χ2n) is 4.90. The Bertz CT molecular complexity index is 813. The van der Waals surface area contributed by atoms with Crippen molar-refractivity contribution >= 4 is 32.9 Å². The molecule has 0 aliphatic heterocycles. The first-order chi connectivity index (χ1) is 10.0. The van der Waals surface area contributed by atoms with E-state index >= 15 is 0 Å². The molecule has 0 N–H and O–H groups in total. The number of benzene rings is 2. The summed E-state index contributed by atoms with van der Waals surface area (Å²) in [6.45, 7) is 3.82. The summed E-state index contributed by atoms with van der Waals surface area (Å²) in [6, 6.07) is 13.0. The van der Waals surface area contributed by atoms with Crippen molar-refractivity contribution in [2.45, 2.75) is 13.8 Å². The van der Waals surface area contributed by atoms with Crippen molar-refractivity contribution in [3.8, 4) is 5.75 Å². The van der Waals surface area contributed by atoms with Crippen LogP contribution < -0.4 is 4.74 Å². The maximum atomic E-state index is 12.2. The minimum Gasteiger partial charge on any atom is -0.449 e. The van der Waals surface area contributed by atoms with Crippen LogP contribution in [-0.4, -0.2) is 5.97 Å². The van der Waals surface area contributed by atoms with Crippen LogP contribution in [0, 0.1) is 13.8 Å². The van der Waals surface area contributed by atoms with E-state index in [1.807, 2.05) is 50.2 Å². The van der Waals surface area contributed by atoms with Crippen molar-refractivity contribution in [2.75, 3.05) is 0 Å². The third kappa shape index (κ3) is 2.72. The monoisotopic (exact) mass is 344 g/mol. The first-order valence-corrected chi connectivity index (χ1v) is 7.31. The number of hydrogen-bond acceptors (Lipinski definition) is 3. The lowest BCUT2D eigenvalue weighted by atomic mass is 10.1. The summed E-state index contributed by atoms with van der Waals surface area (Å²) in [5.74, 6) is 0.301. The van der Waals surface area contributed by atoms with Gasteiger partial charge in [-0.15, -0.1) is 0 Å². The van der Waals surface area contributed by atoms with Crippen LogP contribution in [0.25, 0.3) is 11.0 Å². The summed E-state index contributed by atoms with van der Waals surface area (Å²) in [4.78, 5) is 12.2. The number of fused-ring (bicyclic) bond motifs is 1. The quantitative estimate of drug-likeness (QED) is 0.483. The van der Waals surface area contributed by atoms with Crippen LogP contribution in [0.3, 0.4) is 0 Å². The smallest absolute Gasteiger partial charge is 0.379 e. The lowest BCUT2D eigenvalue weighted by molar-refractivity contribution is 0.0701. The molecular formula is C17H13BrO3. The van der Waals surface area contributed by atoms with Gasteiger partial charge >= 0.3 is 5.97 Å². The largest absolute Gasteiger partial charge is 0.449 e. The second kappa shape index (κ2) is 5.37. The highest BCUT2D eigenvalue weighted by molar-refractivity contribution is 9.10. The molecule has 1 aromatic heterocycles. The Morgan fingerprint density at radius 3 is 2.52 bits per heavy atom. The summed E-state index contributed by atoms with van der Waals surface area (Å²) < 4.78 is 12.0. The number of esters is 1. The minimum atomic E-state index is -0.486. The predicted octanol–water partition coefficient (Wildman–Crippen LogP) is 5.03. The third-order valence-corrected chi connectivity index (χ3v) is 3.78. The van der Waals surface area contributed by atoms with Gasteiger partial charge in [0.1, 0.15) is 11.3 Å². The molecule has 4 heteroatoms. The lowest BCUT2D eigenvalue weighted by Gasteiger charge is -2.08. The van der Waals surface area contributed by atoms with E-state index in [-0.39, 0.29) is 5.76 Å². The Labute approximate surface area is 130 Å². The van der Waals surface area contributed by atoms with Crippen LogP contribution in [-0.2, 0) is 0 Å². The van der Waals surface area contributed by atoms with Crippen molar-refractivity contribution < 1.29 is 13.9 Å². The molecule has 3 rings (SSSR count). The molecule has 0 saturated carbocycles. The molecule has 3 aromatic rings. The van der Waals surface area contributed by atoms with E-state index in [2.05, 4.69) is 15.9 Å². The molecule has 0 bridgehead atoms. The zero-order chi connectivity index (χ0) is 15.0. The lowest BCUT2D eigenvalue weighted by Crippen LogP contribution is -2.09. The maximum Gasteiger partial charge on any atom is 0.379 e. The van der Waals surface area contributed by atoms with Gasteiger partial charge in [-0.1, -0.05) is 34.1 Å². The fraction of sp³-hybridized carbons (Fsp3) is 0.118. The van der Waals surface area contributed by atoms with Crippen molar-refractivity contribution in [3.05, 3.63) is 63.8 Å². The van der Waals surface area contributed by atoms with E-state index in [1.165, 1.54) is 0 Å². The first kappa shape index (κ1) is 13.9. The molecule has 0 atom stereocenters. The van der Waals surface area contributed by atoms with Gasteiger partial charge in [-0.3, -0.25) is 0 Å². The minimum absolute atomic E-state index is 0.200. The molecule has 0 spiro atoms. The number of halogens is 1. The number of aryl methyl sites for hydroxylation is 2. The van der Waals surface area contributed by atoms with Gasteiger partial charge in [-0.2, -0.15) is 0 Å². The fourth-order valence-corrected chi connectivity index (χ4v) is 2.60. The Morgan fingerprint density at radius 1 is 1.10 bits per heavy atom. The number of furan rings is 1. The molecule has 0 radical (unpaired) electrons. The molecule has 0 aliphatic rings. The average Bonchev–Trinajstić information content (AvgIpc) is 2.86. The van der Waals surface area contributed by atoms with Gasteiger partial charge in [0.15, 0.2) is 0 Å². The molecule has 0 unspecified atom stereocenters. The Kier molecular flexibility index (Phi) is 3.55. The van der Waals surface area contributed by atoms with Crippen LogP contribution in [0.5, 0.6) is 5.75 Å². The van der Waals surface area contributed by atoms with Gasteiger partial charge < -0.3 is 9.15 Å². The summed E-state index contributed by atoms with van der Waals surface area (Å²) in [7, 11) is 0. The van der Waals surface area contributed by atoms with Gasteiger partial charge in [0.25, 0.3) is 0 Å². The normalized spacial score (nSPS) is 10.8. The molecule has 106 valence electrons. The van der Waals surface area contributed by atoms with Crippen molar-refractivity contribution in [2.24, 2.45) is 0 Å². The molecule has 0 saturated heterocycles. The molecule has 0 fully saturated rings. The van der Waals surface area contributed by atoms with Crippen molar-refractivity contribution in [1.29, 1.82) is 0 Å². The van der Waals surface area contributed by atoms with Crippen molar-refractivity contribution in [1.82, 2.24) is 0 Å². The van der Waals surface area contributed by atoms with Gasteiger partial charge in [0, 0.05) is 9.86 Å². The van der Waals surface area contributed by atoms with Gasteiger partial charge in [0.2, 0.25) is 5.76 Å². The Morgan fingerprint density at radius 2 is 1.81 bits per heavy atom. The van der Waals surface area contributed by atoms with Gasteiger partial charge in [-0.25, -0.2) is 4.79 Å². The number of carbonyl (C=O) groups excluding carboxylic acids is 1. The highest BCUT2D eigenvalue weighted by Gasteiger charge is 2.17. The highest BCUT2D eigenvalue weighted by atomic mass is 79.9. The van der Waals surface area contributed by atoms with Crippen molar-refractivity contribution in [3.63, 3.8) is 0 Å². The maximum absolute atomic E-state index is 12.2. The number of carbonyl (C=O) groups is 1. The number of ether oxygens (including phenoxy) is 1. The van der Waals surface area contributed by atoms with Crippen LogP contribution >= 0.6 is 15.9 Å². The van der Waals surface area contributed by atoms with E-state index in [1.54, 1.807) is 6.07 Å². The van der Waals surface area contributed by atoms with E-state index in [0.717, 1.165) is 21.0 Å². The van der Waals surface area contributed by atoms with Crippen LogP contribution in [0.4, 0.5) is 0 Å².